The first kappa shape index (κ1) is 15.2. The number of hydrogen-bond donors (Lipinski definition) is 1. The summed E-state index contributed by atoms with van der Waals surface area (Å²) in [4.78, 5) is 24.1. The van der Waals surface area contributed by atoms with E-state index in [1.165, 1.54) is 11.1 Å². The number of urea groups is 1. The summed E-state index contributed by atoms with van der Waals surface area (Å²) in [5, 5.41) is 4.41. The summed E-state index contributed by atoms with van der Waals surface area (Å²) in [7, 11) is 1.82. The molecule has 2 amide bonds. The molecule has 1 N–H and O–H groups in total. The van der Waals surface area contributed by atoms with Gasteiger partial charge in [-0.25, -0.2) is 14.8 Å². The standard InChI is InChI=1S/C15H17ClN4OS/c1-9-18-11-4-3-5-12(14(11)22-9)20(2)15(21)19-13-7-6-10(16)8-17-13/h6-8,12H,3-5H2,1-2H3,(H,17,19,21). The van der Waals surface area contributed by atoms with Gasteiger partial charge in [-0.2, -0.15) is 0 Å². The van der Waals surface area contributed by atoms with E-state index in [4.69, 9.17) is 11.6 Å². The Morgan fingerprint density at radius 1 is 1.50 bits per heavy atom. The normalized spacial score (nSPS) is 17.0. The summed E-state index contributed by atoms with van der Waals surface area (Å²) in [6.07, 6.45) is 4.54. The van der Waals surface area contributed by atoms with Crippen molar-refractivity contribution in [3.63, 3.8) is 0 Å². The maximum absolute atomic E-state index is 12.4. The Bertz CT molecular complexity index is 685. The Morgan fingerprint density at radius 2 is 2.32 bits per heavy atom. The summed E-state index contributed by atoms with van der Waals surface area (Å²) in [6, 6.07) is 3.31. The molecule has 3 rings (SSSR count). The highest BCUT2D eigenvalue weighted by Crippen LogP contribution is 2.37. The number of carbonyl (C=O) groups excluding carboxylic acids is 1. The molecule has 5 nitrogen and oxygen atoms in total. The molecule has 0 spiro atoms. The first-order chi connectivity index (χ1) is 10.5. The van der Waals surface area contributed by atoms with Gasteiger partial charge in [-0.1, -0.05) is 11.6 Å². The lowest BCUT2D eigenvalue weighted by Crippen LogP contribution is -2.36. The van der Waals surface area contributed by atoms with E-state index < -0.39 is 0 Å². The highest BCUT2D eigenvalue weighted by molar-refractivity contribution is 7.11. The van der Waals surface area contributed by atoms with Crippen LogP contribution >= 0.6 is 22.9 Å². The highest BCUT2D eigenvalue weighted by atomic mass is 35.5. The molecule has 2 heterocycles. The van der Waals surface area contributed by atoms with E-state index in [1.807, 2.05) is 14.0 Å². The number of hydrogen-bond acceptors (Lipinski definition) is 4. The van der Waals surface area contributed by atoms with Crippen LogP contribution in [0.4, 0.5) is 10.6 Å². The Morgan fingerprint density at radius 3 is 3.05 bits per heavy atom. The molecule has 0 saturated carbocycles. The number of anilines is 1. The molecule has 116 valence electrons. The van der Waals surface area contributed by atoms with E-state index >= 15 is 0 Å². The van der Waals surface area contributed by atoms with Crippen LogP contribution in [0.3, 0.4) is 0 Å². The average Bonchev–Trinajstić information content (AvgIpc) is 2.88. The van der Waals surface area contributed by atoms with E-state index in [9.17, 15) is 4.79 Å². The molecule has 1 aliphatic carbocycles. The molecule has 0 fully saturated rings. The van der Waals surface area contributed by atoms with Crippen LogP contribution < -0.4 is 5.32 Å². The number of aryl methyl sites for hydroxylation is 2. The molecular weight excluding hydrogens is 320 g/mol. The molecule has 0 saturated heterocycles. The zero-order chi connectivity index (χ0) is 15.7. The second-order valence-electron chi connectivity index (χ2n) is 5.35. The second kappa shape index (κ2) is 6.22. The predicted octanol–water partition coefficient (Wildman–Crippen LogP) is 4.04. The maximum atomic E-state index is 12.4. The van der Waals surface area contributed by atoms with Gasteiger partial charge in [0.2, 0.25) is 0 Å². The fourth-order valence-corrected chi connectivity index (χ4v) is 3.94. The highest BCUT2D eigenvalue weighted by Gasteiger charge is 2.29. The number of fused-ring (bicyclic) bond motifs is 1. The van der Waals surface area contributed by atoms with E-state index in [1.54, 1.807) is 28.4 Å². The van der Waals surface area contributed by atoms with Crippen molar-refractivity contribution >= 4 is 34.8 Å². The monoisotopic (exact) mass is 336 g/mol. The first-order valence-corrected chi connectivity index (χ1v) is 8.35. The number of nitrogens with zero attached hydrogens (tertiary/aromatic N) is 3. The van der Waals surface area contributed by atoms with Crippen LogP contribution in [0.2, 0.25) is 5.02 Å². The minimum absolute atomic E-state index is 0.0854. The number of rotatable bonds is 2. The number of pyridine rings is 1. The molecule has 1 atom stereocenters. The number of carbonyl (C=O) groups is 1. The molecule has 1 unspecified atom stereocenters. The van der Waals surface area contributed by atoms with Gasteiger partial charge in [0.05, 0.1) is 26.6 Å². The first-order valence-electron chi connectivity index (χ1n) is 7.16. The van der Waals surface area contributed by atoms with Crippen molar-refractivity contribution in [2.45, 2.75) is 32.2 Å². The lowest BCUT2D eigenvalue weighted by atomic mass is 9.97. The van der Waals surface area contributed by atoms with Crippen molar-refractivity contribution in [1.82, 2.24) is 14.9 Å². The fourth-order valence-electron chi connectivity index (χ4n) is 2.68. The Hall–Kier alpha value is -1.66. The fraction of sp³-hybridized carbons (Fsp3) is 0.400. The number of nitrogens with one attached hydrogen (secondary N) is 1. The van der Waals surface area contributed by atoms with Crippen LogP contribution in [0.15, 0.2) is 18.3 Å². The Balaban J connectivity index is 1.75. The number of halogens is 1. The van der Waals surface area contributed by atoms with Gasteiger partial charge in [-0.15, -0.1) is 11.3 Å². The molecule has 1 aliphatic rings. The van der Waals surface area contributed by atoms with Gasteiger partial charge in [0.25, 0.3) is 0 Å². The van der Waals surface area contributed by atoms with Crippen molar-refractivity contribution in [3.05, 3.63) is 38.9 Å². The quantitative estimate of drug-likeness (QED) is 0.900. The second-order valence-corrected chi connectivity index (χ2v) is 7.03. The lowest BCUT2D eigenvalue weighted by Gasteiger charge is -2.30. The van der Waals surface area contributed by atoms with Gasteiger partial charge < -0.3 is 4.90 Å². The number of amides is 2. The molecule has 7 heteroatoms. The van der Waals surface area contributed by atoms with Crippen molar-refractivity contribution in [3.8, 4) is 0 Å². The third kappa shape index (κ3) is 3.08. The van der Waals surface area contributed by atoms with Crippen molar-refractivity contribution in [2.75, 3.05) is 12.4 Å². The van der Waals surface area contributed by atoms with Gasteiger partial charge in [-0.05, 0) is 38.3 Å². The molecule has 2 aromatic heterocycles. The number of aromatic nitrogens is 2. The largest absolute Gasteiger partial charge is 0.323 e. The Kier molecular flexibility index (Phi) is 4.31. The van der Waals surface area contributed by atoms with Gasteiger partial charge in [0, 0.05) is 13.2 Å². The molecular formula is C15H17ClN4OS. The third-order valence-electron chi connectivity index (χ3n) is 3.78. The molecule has 0 bridgehead atoms. The van der Waals surface area contributed by atoms with Gasteiger partial charge in [0.1, 0.15) is 5.82 Å². The molecule has 0 radical (unpaired) electrons. The van der Waals surface area contributed by atoms with E-state index in [0.29, 0.717) is 10.8 Å². The van der Waals surface area contributed by atoms with Crippen LogP contribution in [-0.4, -0.2) is 27.9 Å². The van der Waals surface area contributed by atoms with Crippen LogP contribution in [0.5, 0.6) is 0 Å². The molecule has 0 aliphatic heterocycles. The average molecular weight is 337 g/mol. The molecule has 22 heavy (non-hydrogen) atoms. The Labute approximate surface area is 138 Å². The van der Waals surface area contributed by atoms with Crippen LogP contribution in [0.1, 0.15) is 34.5 Å². The minimum Gasteiger partial charge on any atom is -0.320 e. The van der Waals surface area contributed by atoms with Crippen molar-refractivity contribution < 1.29 is 4.79 Å². The lowest BCUT2D eigenvalue weighted by molar-refractivity contribution is 0.198. The summed E-state index contributed by atoms with van der Waals surface area (Å²) in [5.74, 6) is 0.498. The van der Waals surface area contributed by atoms with Gasteiger partial charge in [0.15, 0.2) is 0 Å². The molecule has 0 aromatic carbocycles. The van der Waals surface area contributed by atoms with Gasteiger partial charge in [-0.3, -0.25) is 5.32 Å². The van der Waals surface area contributed by atoms with E-state index in [-0.39, 0.29) is 12.1 Å². The summed E-state index contributed by atoms with van der Waals surface area (Å²) in [5.41, 5.74) is 1.14. The zero-order valence-corrected chi connectivity index (χ0v) is 14.0. The number of thiazole rings is 1. The summed E-state index contributed by atoms with van der Waals surface area (Å²) < 4.78 is 0. The molecule has 2 aromatic rings. The predicted molar refractivity (Wildman–Crippen MR) is 88.6 cm³/mol. The summed E-state index contributed by atoms with van der Waals surface area (Å²) in [6.45, 7) is 2.01. The topological polar surface area (TPSA) is 58.1 Å². The van der Waals surface area contributed by atoms with Crippen LogP contribution in [-0.2, 0) is 6.42 Å². The summed E-state index contributed by atoms with van der Waals surface area (Å²) >= 11 is 7.49. The van der Waals surface area contributed by atoms with E-state index in [0.717, 1.165) is 30.0 Å². The van der Waals surface area contributed by atoms with Crippen molar-refractivity contribution in [1.29, 1.82) is 0 Å². The van der Waals surface area contributed by atoms with E-state index in [2.05, 4.69) is 15.3 Å². The zero-order valence-electron chi connectivity index (χ0n) is 12.5. The SMILES string of the molecule is Cc1nc2c(s1)C(N(C)C(=O)Nc1ccc(Cl)cn1)CCC2. The van der Waals surface area contributed by atoms with Gasteiger partial charge >= 0.3 is 6.03 Å². The third-order valence-corrected chi connectivity index (χ3v) is 5.12. The van der Waals surface area contributed by atoms with Crippen molar-refractivity contribution in [2.24, 2.45) is 0 Å². The van der Waals surface area contributed by atoms with Crippen LogP contribution in [0, 0.1) is 6.92 Å². The smallest absolute Gasteiger partial charge is 0.320 e. The van der Waals surface area contributed by atoms with Crippen LogP contribution in [0.25, 0.3) is 0 Å². The maximum Gasteiger partial charge on any atom is 0.323 e. The minimum atomic E-state index is -0.168.